The number of nitrogens with one attached hydrogen (secondary N) is 1. The lowest BCUT2D eigenvalue weighted by Gasteiger charge is -2.20. The maximum Gasteiger partial charge on any atom is 0.338 e. The smallest absolute Gasteiger partial charge is 0.338 e. The standard InChI is InChI=1S/C23H28N2O6S/c1-17(22(26)24-19-10-8-11-20(16-19)30-2)31-23(27)18-9-7-12-21(15-18)32(28,29)25-13-5-3-4-6-14-25/h7-12,15-17H,3-6,13-14H2,1-2H3,(H,24,26). The minimum atomic E-state index is -3.70. The first-order chi connectivity index (χ1) is 15.3. The van der Waals surface area contributed by atoms with Crippen molar-refractivity contribution >= 4 is 27.6 Å². The average molecular weight is 461 g/mol. The molecule has 1 heterocycles. The third-order valence-electron chi connectivity index (χ3n) is 5.26. The molecule has 0 bridgehead atoms. The Morgan fingerprint density at radius 1 is 1.00 bits per heavy atom. The maximum absolute atomic E-state index is 13.0. The van der Waals surface area contributed by atoms with E-state index in [9.17, 15) is 18.0 Å². The van der Waals surface area contributed by atoms with E-state index in [2.05, 4.69) is 5.32 Å². The number of hydrogen-bond acceptors (Lipinski definition) is 6. The highest BCUT2D eigenvalue weighted by molar-refractivity contribution is 7.89. The molecule has 2 aromatic carbocycles. The molecular formula is C23H28N2O6S. The van der Waals surface area contributed by atoms with Gasteiger partial charge in [0.1, 0.15) is 5.75 Å². The molecular weight excluding hydrogens is 432 g/mol. The number of sulfonamides is 1. The Morgan fingerprint density at radius 3 is 2.38 bits per heavy atom. The molecule has 1 atom stereocenters. The summed E-state index contributed by atoms with van der Waals surface area (Å²) >= 11 is 0. The van der Waals surface area contributed by atoms with Crippen LogP contribution in [0.4, 0.5) is 5.69 Å². The van der Waals surface area contributed by atoms with Crippen LogP contribution in [0.5, 0.6) is 5.75 Å². The van der Waals surface area contributed by atoms with Crippen LogP contribution in [0.25, 0.3) is 0 Å². The fourth-order valence-corrected chi connectivity index (χ4v) is 5.00. The molecule has 1 aliphatic heterocycles. The summed E-state index contributed by atoms with van der Waals surface area (Å²) < 4.78 is 37.9. The predicted octanol–water partition coefficient (Wildman–Crippen LogP) is 3.44. The summed E-state index contributed by atoms with van der Waals surface area (Å²) in [6.45, 7) is 2.39. The highest BCUT2D eigenvalue weighted by atomic mass is 32.2. The van der Waals surface area contributed by atoms with Crippen LogP contribution in [0, 0.1) is 0 Å². The summed E-state index contributed by atoms with van der Waals surface area (Å²) in [6.07, 6.45) is 2.57. The lowest BCUT2D eigenvalue weighted by molar-refractivity contribution is -0.123. The largest absolute Gasteiger partial charge is 0.497 e. The summed E-state index contributed by atoms with van der Waals surface area (Å²) in [6, 6.07) is 12.5. The number of esters is 1. The van der Waals surface area contributed by atoms with E-state index in [0.29, 0.717) is 24.5 Å². The minimum Gasteiger partial charge on any atom is -0.497 e. The van der Waals surface area contributed by atoms with Crippen LogP contribution in [-0.2, 0) is 19.6 Å². The molecule has 1 amide bonds. The Labute approximate surface area is 188 Å². The summed E-state index contributed by atoms with van der Waals surface area (Å²) in [5.74, 6) is -0.707. The van der Waals surface area contributed by atoms with Gasteiger partial charge < -0.3 is 14.8 Å². The van der Waals surface area contributed by atoms with Gasteiger partial charge in [0.2, 0.25) is 10.0 Å². The molecule has 32 heavy (non-hydrogen) atoms. The summed E-state index contributed by atoms with van der Waals surface area (Å²) in [4.78, 5) is 25.0. The summed E-state index contributed by atoms with van der Waals surface area (Å²) in [5, 5.41) is 2.66. The number of carbonyl (C=O) groups excluding carboxylic acids is 2. The summed E-state index contributed by atoms with van der Waals surface area (Å²) in [5.41, 5.74) is 0.574. The number of nitrogens with zero attached hydrogens (tertiary/aromatic N) is 1. The first kappa shape index (κ1) is 23.7. The van der Waals surface area contributed by atoms with Gasteiger partial charge >= 0.3 is 5.97 Å². The fourth-order valence-electron chi connectivity index (χ4n) is 3.44. The van der Waals surface area contributed by atoms with Crippen LogP contribution in [0.15, 0.2) is 53.4 Å². The molecule has 1 aliphatic rings. The van der Waals surface area contributed by atoms with Crippen LogP contribution in [0.3, 0.4) is 0 Å². The molecule has 1 saturated heterocycles. The SMILES string of the molecule is COc1cccc(NC(=O)C(C)OC(=O)c2cccc(S(=O)(=O)N3CCCCCC3)c2)c1. The zero-order chi connectivity index (χ0) is 23.1. The molecule has 0 radical (unpaired) electrons. The Hall–Kier alpha value is -2.91. The zero-order valence-electron chi connectivity index (χ0n) is 18.2. The second-order valence-electron chi connectivity index (χ2n) is 7.61. The number of ether oxygens (including phenoxy) is 2. The predicted molar refractivity (Wildman–Crippen MR) is 120 cm³/mol. The monoisotopic (exact) mass is 460 g/mol. The van der Waals surface area contributed by atoms with E-state index in [4.69, 9.17) is 9.47 Å². The first-order valence-electron chi connectivity index (χ1n) is 10.6. The number of methoxy groups -OCH3 is 1. The molecule has 9 heteroatoms. The van der Waals surface area contributed by atoms with Gasteiger partial charge in [0, 0.05) is 24.8 Å². The lowest BCUT2D eigenvalue weighted by atomic mass is 10.2. The van der Waals surface area contributed by atoms with Gasteiger partial charge in [0.05, 0.1) is 17.6 Å². The van der Waals surface area contributed by atoms with Crippen molar-refractivity contribution in [2.45, 2.75) is 43.6 Å². The van der Waals surface area contributed by atoms with Crippen molar-refractivity contribution in [3.63, 3.8) is 0 Å². The first-order valence-corrected chi connectivity index (χ1v) is 12.0. The molecule has 172 valence electrons. The second kappa shape index (κ2) is 10.6. The van der Waals surface area contributed by atoms with Gasteiger partial charge in [0.15, 0.2) is 6.10 Å². The molecule has 0 saturated carbocycles. The molecule has 1 N–H and O–H groups in total. The number of anilines is 1. The van der Waals surface area contributed by atoms with Crippen LogP contribution in [-0.4, -0.2) is 50.9 Å². The van der Waals surface area contributed by atoms with Crippen molar-refractivity contribution in [1.29, 1.82) is 0 Å². The summed E-state index contributed by atoms with van der Waals surface area (Å²) in [7, 11) is -2.18. The second-order valence-corrected chi connectivity index (χ2v) is 9.55. The highest BCUT2D eigenvalue weighted by Gasteiger charge is 2.26. The third kappa shape index (κ3) is 5.86. The van der Waals surface area contributed by atoms with Crippen molar-refractivity contribution < 1.29 is 27.5 Å². The quantitative estimate of drug-likeness (QED) is 0.635. The van der Waals surface area contributed by atoms with Crippen molar-refractivity contribution in [3.8, 4) is 5.75 Å². The van der Waals surface area contributed by atoms with E-state index < -0.39 is 28.0 Å². The fraction of sp³-hybridized carbons (Fsp3) is 0.391. The van der Waals surface area contributed by atoms with Gasteiger partial charge in [0.25, 0.3) is 5.91 Å². The normalized spacial score (nSPS) is 15.9. The molecule has 1 fully saturated rings. The molecule has 1 unspecified atom stereocenters. The van der Waals surface area contributed by atoms with Crippen molar-refractivity contribution in [2.24, 2.45) is 0 Å². The van der Waals surface area contributed by atoms with E-state index in [1.165, 1.54) is 42.6 Å². The topological polar surface area (TPSA) is 102 Å². The van der Waals surface area contributed by atoms with Crippen LogP contribution in [0.2, 0.25) is 0 Å². The average Bonchev–Trinajstić information content (AvgIpc) is 3.09. The van der Waals surface area contributed by atoms with Gasteiger partial charge in [-0.05, 0) is 50.1 Å². The molecule has 3 rings (SSSR count). The van der Waals surface area contributed by atoms with E-state index in [0.717, 1.165) is 25.7 Å². The number of hydrogen-bond donors (Lipinski definition) is 1. The van der Waals surface area contributed by atoms with Crippen LogP contribution >= 0.6 is 0 Å². The molecule has 0 aliphatic carbocycles. The minimum absolute atomic E-state index is 0.0438. The Bertz CT molecular complexity index is 1060. The molecule has 8 nitrogen and oxygen atoms in total. The van der Waals surface area contributed by atoms with Gasteiger partial charge in [-0.3, -0.25) is 4.79 Å². The van der Waals surface area contributed by atoms with Gasteiger partial charge in [-0.15, -0.1) is 0 Å². The van der Waals surface area contributed by atoms with Crippen molar-refractivity contribution in [3.05, 3.63) is 54.1 Å². The molecule has 0 aromatic heterocycles. The van der Waals surface area contributed by atoms with E-state index >= 15 is 0 Å². The zero-order valence-corrected chi connectivity index (χ0v) is 19.1. The van der Waals surface area contributed by atoms with Gasteiger partial charge in [-0.1, -0.05) is 25.0 Å². The third-order valence-corrected chi connectivity index (χ3v) is 7.16. The van der Waals surface area contributed by atoms with Crippen LogP contribution in [0.1, 0.15) is 43.0 Å². The molecule has 2 aromatic rings. The Balaban J connectivity index is 1.67. The van der Waals surface area contributed by atoms with Crippen molar-refractivity contribution in [1.82, 2.24) is 4.31 Å². The Morgan fingerprint density at radius 2 is 1.69 bits per heavy atom. The highest BCUT2D eigenvalue weighted by Crippen LogP contribution is 2.22. The van der Waals surface area contributed by atoms with E-state index in [1.807, 2.05) is 0 Å². The van der Waals surface area contributed by atoms with Crippen LogP contribution < -0.4 is 10.1 Å². The van der Waals surface area contributed by atoms with Crippen molar-refractivity contribution in [2.75, 3.05) is 25.5 Å². The van der Waals surface area contributed by atoms with E-state index in [-0.39, 0.29) is 10.5 Å². The number of carbonyl (C=O) groups is 2. The Kier molecular flexibility index (Phi) is 7.87. The number of benzene rings is 2. The number of rotatable bonds is 7. The van der Waals surface area contributed by atoms with Gasteiger partial charge in [-0.2, -0.15) is 4.31 Å². The van der Waals surface area contributed by atoms with E-state index in [1.54, 1.807) is 24.3 Å². The molecule has 0 spiro atoms. The number of amides is 1. The lowest BCUT2D eigenvalue weighted by Crippen LogP contribution is -2.32. The maximum atomic E-state index is 13.0. The van der Waals surface area contributed by atoms with Gasteiger partial charge in [-0.25, -0.2) is 13.2 Å².